The summed E-state index contributed by atoms with van der Waals surface area (Å²) >= 11 is 0. The van der Waals surface area contributed by atoms with E-state index in [2.05, 4.69) is 20.8 Å². The van der Waals surface area contributed by atoms with Crippen LogP contribution in [0.2, 0.25) is 0 Å². The Kier molecular flexibility index (Phi) is 8.91. The fraction of sp³-hybridized carbons (Fsp3) is 0.783. The molecule has 4 atom stereocenters. The lowest BCUT2D eigenvalue weighted by molar-refractivity contribution is -0.162. The first-order chi connectivity index (χ1) is 13.3. The van der Waals surface area contributed by atoms with Crippen LogP contribution in [0.3, 0.4) is 0 Å². The van der Waals surface area contributed by atoms with E-state index in [4.69, 9.17) is 9.47 Å². The molecule has 0 spiro atoms. The van der Waals surface area contributed by atoms with Crippen molar-refractivity contribution in [3.05, 3.63) is 12.2 Å². The zero-order chi connectivity index (χ0) is 22.4. The van der Waals surface area contributed by atoms with E-state index in [0.29, 0.717) is 19.3 Å². The molecule has 1 aliphatic rings. The van der Waals surface area contributed by atoms with E-state index >= 15 is 0 Å². The number of carboxylic acid groups (broad SMARTS) is 1. The lowest BCUT2D eigenvalue weighted by Gasteiger charge is -2.33. The van der Waals surface area contributed by atoms with Crippen molar-refractivity contribution < 1.29 is 29.0 Å². The molecule has 0 radical (unpaired) electrons. The first-order valence-electron chi connectivity index (χ1n) is 10.5. The number of ether oxygens (including phenoxy) is 2. The van der Waals surface area contributed by atoms with Crippen molar-refractivity contribution >= 4 is 17.9 Å². The van der Waals surface area contributed by atoms with Crippen LogP contribution in [-0.2, 0) is 23.9 Å². The van der Waals surface area contributed by atoms with Crippen LogP contribution in [0.5, 0.6) is 0 Å². The molecule has 0 aliphatic heterocycles. The molecule has 1 aliphatic carbocycles. The summed E-state index contributed by atoms with van der Waals surface area (Å²) < 4.78 is 10.6. The molecule has 1 fully saturated rings. The Hall–Kier alpha value is -1.85. The van der Waals surface area contributed by atoms with Crippen LogP contribution in [0.15, 0.2) is 12.2 Å². The summed E-state index contributed by atoms with van der Waals surface area (Å²) in [6.45, 7) is 14.0. The monoisotopic (exact) mass is 410 g/mol. The highest BCUT2D eigenvalue weighted by Crippen LogP contribution is 2.39. The summed E-state index contributed by atoms with van der Waals surface area (Å²) in [6, 6.07) is 0. The van der Waals surface area contributed by atoms with Gasteiger partial charge in [-0.05, 0) is 42.9 Å². The topological polar surface area (TPSA) is 89.9 Å². The van der Waals surface area contributed by atoms with Gasteiger partial charge in [0.2, 0.25) is 0 Å². The normalized spacial score (nSPS) is 23.8. The minimum atomic E-state index is -0.978. The van der Waals surface area contributed by atoms with Crippen molar-refractivity contribution in [2.45, 2.75) is 67.7 Å². The second kappa shape index (κ2) is 10.3. The molecule has 166 valence electrons. The molecule has 0 bridgehead atoms. The minimum absolute atomic E-state index is 0.0127. The molecule has 0 aromatic rings. The average molecular weight is 411 g/mol. The highest BCUT2D eigenvalue weighted by atomic mass is 16.6. The molecule has 0 saturated heterocycles. The van der Waals surface area contributed by atoms with E-state index in [9.17, 15) is 19.5 Å². The second-order valence-electron chi connectivity index (χ2n) is 10.3. The fourth-order valence-corrected chi connectivity index (χ4v) is 3.96. The molecule has 0 aromatic carbocycles. The van der Waals surface area contributed by atoms with Gasteiger partial charge >= 0.3 is 17.9 Å². The molecular weight excluding hydrogens is 372 g/mol. The number of rotatable bonds is 8. The molecule has 6 heteroatoms. The van der Waals surface area contributed by atoms with Crippen LogP contribution >= 0.6 is 0 Å². The van der Waals surface area contributed by atoms with Gasteiger partial charge in [-0.3, -0.25) is 14.4 Å². The van der Waals surface area contributed by atoms with E-state index < -0.39 is 23.8 Å². The third-order valence-electron chi connectivity index (χ3n) is 5.45. The standard InChI is InChI=1S/C23H38O6/c1-8-9-15-10-11-16(18(15)19(24)25)20(26)28-12-13-29-21(27)17(23(5,6)7)14-22(2,3)4/h8-9,15-18H,10-14H2,1-7H3,(H,24,25)/b9-8-. The maximum Gasteiger partial charge on any atom is 0.309 e. The van der Waals surface area contributed by atoms with Gasteiger partial charge in [0.15, 0.2) is 0 Å². The van der Waals surface area contributed by atoms with Crippen molar-refractivity contribution in [3.8, 4) is 0 Å². The van der Waals surface area contributed by atoms with Crippen LogP contribution in [0.25, 0.3) is 0 Å². The third kappa shape index (κ3) is 7.82. The summed E-state index contributed by atoms with van der Waals surface area (Å²) in [7, 11) is 0. The van der Waals surface area contributed by atoms with Crippen LogP contribution in [-0.4, -0.2) is 36.2 Å². The molecule has 1 rings (SSSR count). The predicted octanol–water partition coefficient (Wildman–Crippen LogP) is 4.47. The summed E-state index contributed by atoms with van der Waals surface area (Å²) in [5.41, 5.74) is -0.247. The summed E-state index contributed by atoms with van der Waals surface area (Å²) in [6.07, 6.45) is 5.49. The summed E-state index contributed by atoms with van der Waals surface area (Å²) in [5.74, 6) is -3.63. The van der Waals surface area contributed by atoms with E-state index in [-0.39, 0.29) is 41.8 Å². The first kappa shape index (κ1) is 25.2. The number of esters is 2. The van der Waals surface area contributed by atoms with E-state index in [1.54, 1.807) is 0 Å². The van der Waals surface area contributed by atoms with Gasteiger partial charge in [0, 0.05) is 0 Å². The van der Waals surface area contributed by atoms with E-state index in [1.807, 2.05) is 39.8 Å². The smallest absolute Gasteiger partial charge is 0.309 e. The van der Waals surface area contributed by atoms with Gasteiger partial charge in [-0.25, -0.2) is 0 Å². The Bertz CT molecular complexity index is 608. The maximum atomic E-state index is 12.6. The van der Waals surface area contributed by atoms with Gasteiger partial charge in [0.1, 0.15) is 13.2 Å². The third-order valence-corrected chi connectivity index (χ3v) is 5.45. The van der Waals surface area contributed by atoms with Gasteiger partial charge in [0.05, 0.1) is 17.8 Å². The van der Waals surface area contributed by atoms with Crippen molar-refractivity contribution in [1.82, 2.24) is 0 Å². The van der Waals surface area contributed by atoms with Gasteiger partial charge in [-0.15, -0.1) is 0 Å². The Morgan fingerprint density at radius 3 is 2.10 bits per heavy atom. The molecule has 4 unspecified atom stereocenters. The van der Waals surface area contributed by atoms with Gasteiger partial charge in [-0.1, -0.05) is 53.7 Å². The summed E-state index contributed by atoms with van der Waals surface area (Å²) in [4.78, 5) is 36.6. The van der Waals surface area contributed by atoms with Crippen molar-refractivity contribution in [2.24, 2.45) is 34.5 Å². The average Bonchev–Trinajstić information content (AvgIpc) is 2.99. The van der Waals surface area contributed by atoms with E-state index in [0.717, 1.165) is 0 Å². The van der Waals surface area contributed by atoms with Gasteiger partial charge in [0.25, 0.3) is 0 Å². The minimum Gasteiger partial charge on any atom is -0.481 e. The highest BCUT2D eigenvalue weighted by molar-refractivity contribution is 5.82. The molecule has 6 nitrogen and oxygen atoms in total. The number of carbonyl (C=O) groups excluding carboxylic acids is 2. The maximum absolute atomic E-state index is 12.6. The highest BCUT2D eigenvalue weighted by Gasteiger charge is 2.44. The fourth-order valence-electron chi connectivity index (χ4n) is 3.96. The largest absolute Gasteiger partial charge is 0.481 e. The predicted molar refractivity (Wildman–Crippen MR) is 111 cm³/mol. The molecule has 0 heterocycles. The van der Waals surface area contributed by atoms with Crippen LogP contribution in [0.1, 0.15) is 67.7 Å². The Morgan fingerprint density at radius 1 is 1.03 bits per heavy atom. The molecular formula is C23H38O6. The molecule has 0 amide bonds. The second-order valence-corrected chi connectivity index (χ2v) is 10.3. The quantitative estimate of drug-likeness (QED) is 0.361. The SMILES string of the molecule is C/C=C\C1CCC(C(=O)OCCOC(=O)C(CC(C)(C)C)C(C)(C)C)C1C(=O)O. The number of carboxylic acids is 1. The molecule has 1 saturated carbocycles. The van der Waals surface area contributed by atoms with Crippen molar-refractivity contribution in [3.63, 3.8) is 0 Å². The zero-order valence-corrected chi connectivity index (χ0v) is 19.0. The van der Waals surface area contributed by atoms with Gasteiger partial charge < -0.3 is 14.6 Å². The van der Waals surface area contributed by atoms with Crippen LogP contribution in [0.4, 0.5) is 0 Å². The lowest BCUT2D eigenvalue weighted by Crippen LogP contribution is -2.34. The van der Waals surface area contributed by atoms with Crippen molar-refractivity contribution in [1.29, 1.82) is 0 Å². The van der Waals surface area contributed by atoms with E-state index in [1.165, 1.54) is 0 Å². The first-order valence-corrected chi connectivity index (χ1v) is 10.5. The Balaban J connectivity index is 2.57. The zero-order valence-electron chi connectivity index (χ0n) is 19.0. The lowest BCUT2D eigenvalue weighted by atomic mass is 9.72. The summed E-state index contributed by atoms with van der Waals surface area (Å²) in [5, 5.41) is 9.49. The molecule has 29 heavy (non-hydrogen) atoms. The molecule has 0 aromatic heterocycles. The number of aliphatic carboxylic acids is 1. The Labute approximate surface area is 175 Å². The number of allylic oxidation sites excluding steroid dienone is 2. The number of hydrogen-bond donors (Lipinski definition) is 1. The number of carbonyl (C=O) groups is 3. The van der Waals surface area contributed by atoms with Crippen molar-refractivity contribution in [2.75, 3.05) is 13.2 Å². The molecule has 1 N–H and O–H groups in total. The van der Waals surface area contributed by atoms with Crippen LogP contribution < -0.4 is 0 Å². The Morgan fingerprint density at radius 2 is 1.62 bits per heavy atom. The van der Waals surface area contributed by atoms with Gasteiger partial charge in [-0.2, -0.15) is 0 Å². The number of hydrogen-bond acceptors (Lipinski definition) is 5. The van der Waals surface area contributed by atoms with Crippen LogP contribution in [0, 0.1) is 34.5 Å².